The first kappa shape index (κ1) is 16.5. The number of nitrogens with zero attached hydrogens (tertiary/aromatic N) is 3. The molecule has 4 aromatic rings. The highest BCUT2D eigenvalue weighted by molar-refractivity contribution is 7.15. The Bertz CT molecular complexity index is 1110. The van der Waals surface area contributed by atoms with Crippen molar-refractivity contribution in [1.29, 1.82) is 0 Å². The van der Waals surface area contributed by atoms with Crippen molar-refractivity contribution in [2.45, 2.75) is 13.8 Å². The Kier molecular flexibility index (Phi) is 4.26. The fourth-order valence-electron chi connectivity index (χ4n) is 2.74. The molecular formula is C20H17N3O2S. The van der Waals surface area contributed by atoms with Crippen LogP contribution in [0, 0.1) is 6.92 Å². The van der Waals surface area contributed by atoms with Crippen molar-refractivity contribution >= 4 is 16.3 Å². The molecule has 130 valence electrons. The van der Waals surface area contributed by atoms with Crippen LogP contribution in [0.5, 0.6) is 5.75 Å². The third-order valence-electron chi connectivity index (χ3n) is 4.07. The molecule has 2 heterocycles. The van der Waals surface area contributed by atoms with Gasteiger partial charge in [-0.1, -0.05) is 29.8 Å². The zero-order chi connectivity index (χ0) is 18.1. The van der Waals surface area contributed by atoms with Crippen molar-refractivity contribution in [1.82, 2.24) is 14.6 Å². The summed E-state index contributed by atoms with van der Waals surface area (Å²) >= 11 is 1.41. The summed E-state index contributed by atoms with van der Waals surface area (Å²) in [6.07, 6.45) is 0. The average Bonchev–Trinajstić information content (AvgIpc) is 3.05. The molecule has 6 heteroatoms. The van der Waals surface area contributed by atoms with Gasteiger partial charge in [-0.25, -0.2) is 4.52 Å². The van der Waals surface area contributed by atoms with Gasteiger partial charge >= 0.3 is 5.56 Å². The molecule has 0 amide bonds. The summed E-state index contributed by atoms with van der Waals surface area (Å²) in [6, 6.07) is 15.6. The molecule has 0 fully saturated rings. The first-order valence-corrected chi connectivity index (χ1v) is 9.22. The van der Waals surface area contributed by atoms with Crippen molar-refractivity contribution < 1.29 is 4.74 Å². The summed E-state index contributed by atoms with van der Waals surface area (Å²) < 4.78 is 7.19. The lowest BCUT2D eigenvalue weighted by Gasteiger charge is -2.06. The van der Waals surface area contributed by atoms with Crippen LogP contribution in [0.4, 0.5) is 0 Å². The largest absolute Gasteiger partial charge is 0.494 e. The summed E-state index contributed by atoms with van der Waals surface area (Å²) in [7, 11) is 0. The molecule has 0 bridgehead atoms. The van der Waals surface area contributed by atoms with Gasteiger partial charge in [0.15, 0.2) is 5.69 Å². The van der Waals surface area contributed by atoms with E-state index in [1.165, 1.54) is 16.9 Å². The van der Waals surface area contributed by atoms with E-state index in [2.05, 4.69) is 29.1 Å². The molecule has 5 nitrogen and oxygen atoms in total. The first-order valence-electron chi connectivity index (χ1n) is 8.34. The van der Waals surface area contributed by atoms with Crippen molar-refractivity contribution in [3.05, 3.63) is 69.8 Å². The number of benzene rings is 2. The van der Waals surface area contributed by atoms with E-state index in [4.69, 9.17) is 4.74 Å². The fraction of sp³-hybridized carbons (Fsp3) is 0.150. The normalized spacial score (nSPS) is 11.0. The zero-order valence-corrected chi connectivity index (χ0v) is 15.3. The van der Waals surface area contributed by atoms with E-state index in [9.17, 15) is 4.79 Å². The molecule has 0 spiro atoms. The molecule has 0 unspecified atom stereocenters. The highest BCUT2D eigenvalue weighted by atomic mass is 32.1. The van der Waals surface area contributed by atoms with Crippen molar-refractivity contribution in [3.8, 4) is 28.3 Å². The number of fused-ring (bicyclic) bond motifs is 1. The smallest absolute Gasteiger partial charge is 0.300 e. The number of hydrogen-bond donors (Lipinski definition) is 0. The quantitative estimate of drug-likeness (QED) is 0.545. The minimum absolute atomic E-state index is 0.327. The fourth-order valence-corrected chi connectivity index (χ4v) is 3.56. The van der Waals surface area contributed by atoms with E-state index in [1.807, 2.05) is 48.7 Å². The first-order chi connectivity index (χ1) is 12.7. The minimum Gasteiger partial charge on any atom is -0.494 e. The van der Waals surface area contributed by atoms with Crippen LogP contribution in [0.15, 0.2) is 58.7 Å². The molecule has 4 rings (SSSR count). The molecule has 26 heavy (non-hydrogen) atoms. The molecule has 0 saturated heterocycles. The number of aryl methyl sites for hydroxylation is 1. The minimum atomic E-state index is -0.327. The van der Waals surface area contributed by atoms with Gasteiger partial charge in [0.2, 0.25) is 4.96 Å². The monoisotopic (exact) mass is 363 g/mol. The van der Waals surface area contributed by atoms with Crippen molar-refractivity contribution in [2.75, 3.05) is 6.61 Å². The Morgan fingerprint density at radius 3 is 2.42 bits per heavy atom. The van der Waals surface area contributed by atoms with Gasteiger partial charge in [0.05, 0.1) is 12.3 Å². The predicted molar refractivity (Wildman–Crippen MR) is 104 cm³/mol. The van der Waals surface area contributed by atoms with Crippen LogP contribution in [-0.2, 0) is 0 Å². The number of ether oxygens (including phenoxy) is 1. The van der Waals surface area contributed by atoms with Gasteiger partial charge in [0.1, 0.15) is 5.75 Å². The Balaban J connectivity index is 1.83. The van der Waals surface area contributed by atoms with Gasteiger partial charge in [-0.05, 0) is 38.1 Å². The number of hydrogen-bond acceptors (Lipinski definition) is 5. The van der Waals surface area contributed by atoms with E-state index in [1.54, 1.807) is 4.52 Å². The van der Waals surface area contributed by atoms with Crippen LogP contribution >= 0.6 is 11.3 Å². The van der Waals surface area contributed by atoms with Crippen LogP contribution < -0.4 is 10.3 Å². The summed E-state index contributed by atoms with van der Waals surface area (Å²) in [5, 5.41) is 6.56. The second kappa shape index (κ2) is 6.72. The lowest BCUT2D eigenvalue weighted by molar-refractivity contribution is 0.340. The summed E-state index contributed by atoms with van der Waals surface area (Å²) in [5.74, 6) is 0.765. The SMILES string of the molecule is CCOc1ccc(-c2nn3c(-c4ccc(C)cc4)csc3nc2=O)cc1. The highest BCUT2D eigenvalue weighted by Crippen LogP contribution is 2.25. The summed E-state index contributed by atoms with van der Waals surface area (Å²) in [6.45, 7) is 4.58. The van der Waals surface area contributed by atoms with E-state index >= 15 is 0 Å². The van der Waals surface area contributed by atoms with Gasteiger partial charge in [-0.15, -0.1) is 11.3 Å². The van der Waals surface area contributed by atoms with Crippen molar-refractivity contribution in [3.63, 3.8) is 0 Å². The second-order valence-corrected chi connectivity index (χ2v) is 6.74. The maximum atomic E-state index is 12.4. The van der Waals surface area contributed by atoms with Gasteiger partial charge in [-0.2, -0.15) is 10.1 Å². The molecule has 0 atom stereocenters. The standard InChI is InChI=1S/C20H17N3O2S/c1-3-25-16-10-8-15(9-11-16)18-19(24)21-20-23(22-18)17(12-26-20)14-6-4-13(2)5-7-14/h4-12H,3H2,1-2H3. The molecule has 0 aliphatic carbocycles. The zero-order valence-electron chi connectivity index (χ0n) is 14.5. The molecule has 0 aliphatic rings. The predicted octanol–water partition coefficient (Wildman–Crippen LogP) is 4.19. The second-order valence-electron chi connectivity index (χ2n) is 5.90. The van der Waals surface area contributed by atoms with E-state index in [0.29, 0.717) is 17.3 Å². The van der Waals surface area contributed by atoms with Crippen LogP contribution in [0.2, 0.25) is 0 Å². The van der Waals surface area contributed by atoms with Crippen LogP contribution in [0.25, 0.3) is 27.5 Å². The number of aromatic nitrogens is 3. The molecule has 2 aromatic heterocycles. The Hall–Kier alpha value is -2.99. The van der Waals surface area contributed by atoms with Crippen molar-refractivity contribution in [2.24, 2.45) is 0 Å². The average molecular weight is 363 g/mol. The molecule has 0 radical (unpaired) electrons. The van der Waals surface area contributed by atoms with Crippen LogP contribution in [0.3, 0.4) is 0 Å². The maximum absolute atomic E-state index is 12.4. The molecule has 0 saturated carbocycles. The molecule has 0 N–H and O–H groups in total. The van der Waals surface area contributed by atoms with Gasteiger partial charge in [0, 0.05) is 16.5 Å². The number of thiazole rings is 1. The van der Waals surface area contributed by atoms with Gasteiger partial charge in [0.25, 0.3) is 0 Å². The van der Waals surface area contributed by atoms with E-state index in [-0.39, 0.29) is 5.56 Å². The lowest BCUT2D eigenvalue weighted by Crippen LogP contribution is -2.14. The molecular weight excluding hydrogens is 346 g/mol. The van der Waals surface area contributed by atoms with E-state index in [0.717, 1.165) is 22.6 Å². The molecule has 0 aliphatic heterocycles. The number of rotatable bonds is 4. The lowest BCUT2D eigenvalue weighted by atomic mass is 10.1. The van der Waals surface area contributed by atoms with Gasteiger partial charge in [-0.3, -0.25) is 4.79 Å². The van der Waals surface area contributed by atoms with Crippen LogP contribution in [-0.4, -0.2) is 21.2 Å². The highest BCUT2D eigenvalue weighted by Gasteiger charge is 2.13. The topological polar surface area (TPSA) is 56.5 Å². The Morgan fingerprint density at radius 2 is 1.73 bits per heavy atom. The van der Waals surface area contributed by atoms with Gasteiger partial charge < -0.3 is 4.74 Å². The molecule has 2 aromatic carbocycles. The maximum Gasteiger partial charge on any atom is 0.300 e. The third-order valence-corrected chi connectivity index (χ3v) is 4.89. The Morgan fingerprint density at radius 1 is 1.04 bits per heavy atom. The Labute approximate surface area is 154 Å². The summed E-state index contributed by atoms with van der Waals surface area (Å²) in [5.41, 5.74) is 3.88. The summed E-state index contributed by atoms with van der Waals surface area (Å²) in [4.78, 5) is 17.2. The third kappa shape index (κ3) is 2.99. The van der Waals surface area contributed by atoms with Crippen LogP contribution in [0.1, 0.15) is 12.5 Å². The van der Waals surface area contributed by atoms with E-state index < -0.39 is 0 Å².